The van der Waals surface area contributed by atoms with Gasteiger partial charge in [0.1, 0.15) is 0 Å². The van der Waals surface area contributed by atoms with E-state index in [1.54, 1.807) is 0 Å². The van der Waals surface area contributed by atoms with Gasteiger partial charge in [-0.15, -0.1) is 0 Å². The minimum atomic E-state index is -2.53. The number of unbranched alkanes of at least 4 members (excludes halogenated alkanes) is 3. The molecule has 0 spiro atoms. The number of hydrogen-bond donors (Lipinski definition) is 0. The van der Waals surface area contributed by atoms with Crippen molar-refractivity contribution < 1.29 is 57.7 Å². The van der Waals surface area contributed by atoms with Crippen molar-refractivity contribution in [3.63, 3.8) is 0 Å². The summed E-state index contributed by atoms with van der Waals surface area (Å²) >= 11 is 2.53. The predicted molar refractivity (Wildman–Crippen MR) is 170 cm³/mol. The molecule has 0 N–H and O–H groups in total. The van der Waals surface area contributed by atoms with E-state index < -0.39 is 8.07 Å². The van der Waals surface area contributed by atoms with Crippen LogP contribution in [-0.2, 0) is 39.7 Å². The topological polar surface area (TPSA) is 0 Å². The Balaban J connectivity index is 0.00000294. The molecular weight excluding hydrogens is 627 g/mol. The van der Waals surface area contributed by atoms with Gasteiger partial charge in [-0.2, -0.15) is 0 Å². The van der Waals surface area contributed by atoms with Gasteiger partial charge in [0.2, 0.25) is 0 Å². The molecule has 0 bridgehead atoms. The largest absolute Gasteiger partial charge is 1.00 e. The fraction of sp³-hybridized carbons (Fsp3) is 0.405. The first kappa shape index (κ1) is 39.0. The van der Waals surface area contributed by atoms with Crippen LogP contribution in [0.4, 0.5) is 0 Å². The predicted octanol–water partition coefficient (Wildman–Crippen LogP) is -0.652. The molecule has 1 atom stereocenters. The van der Waals surface area contributed by atoms with Crippen molar-refractivity contribution in [3.8, 4) is 0 Å². The second-order valence-electron chi connectivity index (χ2n) is 11.7. The SMILES string of the molecule is CCCCc1ccc([Si](c2ccc(CCCC)cc2)(c2ccc(CCCC)cc2)[C]2([Ti+3])C=C(C)C=C2C)cc1.[Cl-].[Cl-].[Cl-]. The van der Waals surface area contributed by atoms with E-state index in [1.165, 1.54) is 101 Å². The van der Waals surface area contributed by atoms with Gasteiger partial charge in [-0.25, -0.2) is 0 Å². The molecule has 0 fully saturated rings. The van der Waals surface area contributed by atoms with E-state index in [1.807, 2.05) is 0 Å². The first-order valence-corrected chi connectivity index (χ1v) is 18.1. The van der Waals surface area contributed by atoms with E-state index in [0.29, 0.717) is 0 Å². The Morgan fingerprint density at radius 1 is 0.548 bits per heavy atom. The molecular formula is C37H47Cl3SiTi. The molecule has 0 aliphatic heterocycles. The van der Waals surface area contributed by atoms with Gasteiger partial charge in [0, 0.05) is 0 Å². The van der Waals surface area contributed by atoms with Crippen LogP contribution < -0.4 is 52.8 Å². The van der Waals surface area contributed by atoms with Crippen LogP contribution in [0.25, 0.3) is 0 Å². The molecule has 0 nitrogen and oxygen atoms in total. The second kappa shape index (κ2) is 18.0. The molecule has 1 aliphatic rings. The molecule has 4 rings (SSSR count). The average molecular weight is 674 g/mol. The monoisotopic (exact) mass is 672 g/mol. The van der Waals surface area contributed by atoms with Gasteiger partial charge in [0.25, 0.3) is 0 Å². The van der Waals surface area contributed by atoms with Crippen LogP contribution in [-0.4, -0.2) is 8.07 Å². The van der Waals surface area contributed by atoms with Crippen molar-refractivity contribution in [2.75, 3.05) is 0 Å². The normalized spacial score (nSPS) is 16.1. The maximum Gasteiger partial charge on any atom is -1.00 e. The molecule has 0 radical (unpaired) electrons. The van der Waals surface area contributed by atoms with Gasteiger partial charge in [-0.3, -0.25) is 0 Å². The summed E-state index contributed by atoms with van der Waals surface area (Å²) in [5.74, 6) is 0. The molecule has 0 amide bonds. The van der Waals surface area contributed by atoms with E-state index in [-0.39, 0.29) is 40.6 Å². The van der Waals surface area contributed by atoms with E-state index in [0.717, 1.165) is 0 Å². The maximum atomic E-state index is 2.59. The Hall–Kier alpha value is -1.06. The van der Waals surface area contributed by atoms with Crippen LogP contribution in [0.1, 0.15) is 89.8 Å². The van der Waals surface area contributed by atoms with Crippen molar-refractivity contribution >= 4 is 23.6 Å². The number of benzene rings is 3. The van der Waals surface area contributed by atoms with Crippen molar-refractivity contribution in [1.29, 1.82) is 0 Å². The van der Waals surface area contributed by atoms with Gasteiger partial charge in [0.05, 0.1) is 0 Å². The second-order valence-corrected chi connectivity index (χ2v) is 17.7. The van der Waals surface area contributed by atoms with Crippen molar-refractivity contribution in [1.82, 2.24) is 0 Å². The van der Waals surface area contributed by atoms with Gasteiger partial charge in [-0.05, 0) is 0 Å². The van der Waals surface area contributed by atoms with Crippen LogP contribution in [0, 0.1) is 0 Å². The summed E-state index contributed by atoms with van der Waals surface area (Å²) in [4.78, 5) is 0. The Labute approximate surface area is 287 Å². The van der Waals surface area contributed by atoms with Crippen LogP contribution >= 0.6 is 0 Å². The molecule has 0 heterocycles. The Kier molecular flexibility index (Phi) is 16.7. The van der Waals surface area contributed by atoms with Crippen molar-refractivity contribution in [2.24, 2.45) is 0 Å². The first-order chi connectivity index (χ1) is 18.9. The van der Waals surface area contributed by atoms with Crippen molar-refractivity contribution in [2.45, 2.75) is 95.7 Å². The zero-order valence-electron chi connectivity index (χ0n) is 26.1. The first-order valence-electron chi connectivity index (χ1n) is 15.3. The van der Waals surface area contributed by atoms with Gasteiger partial charge in [-0.1, -0.05) is 0 Å². The molecule has 5 heteroatoms. The Morgan fingerprint density at radius 3 is 1.10 bits per heavy atom. The third-order valence-corrected chi connectivity index (χ3v) is 16.6. The van der Waals surface area contributed by atoms with E-state index >= 15 is 0 Å². The number of hydrogen-bond acceptors (Lipinski definition) is 0. The zero-order valence-corrected chi connectivity index (χ0v) is 30.9. The van der Waals surface area contributed by atoms with Crippen LogP contribution in [0.2, 0.25) is 3.34 Å². The van der Waals surface area contributed by atoms with Gasteiger partial charge >= 0.3 is 253 Å². The van der Waals surface area contributed by atoms with Crippen LogP contribution in [0.3, 0.4) is 0 Å². The molecule has 0 aromatic heterocycles. The fourth-order valence-corrected chi connectivity index (χ4v) is 14.4. The number of halogens is 3. The summed E-state index contributed by atoms with van der Waals surface area (Å²) in [5.41, 5.74) is 7.27. The molecule has 1 unspecified atom stereocenters. The molecule has 1 aliphatic carbocycles. The van der Waals surface area contributed by atoms with Crippen molar-refractivity contribution in [3.05, 3.63) is 113 Å². The smallest absolute Gasteiger partial charge is 1.00 e. The Morgan fingerprint density at radius 2 is 0.857 bits per heavy atom. The average Bonchev–Trinajstić information content (AvgIpc) is 3.23. The minimum absolute atomic E-state index is 0. The minimum Gasteiger partial charge on any atom is -1.00 e. The van der Waals surface area contributed by atoms with E-state index in [9.17, 15) is 0 Å². The third kappa shape index (κ3) is 8.15. The van der Waals surface area contributed by atoms with E-state index in [2.05, 4.69) is 140 Å². The third-order valence-electron chi connectivity index (χ3n) is 8.72. The summed E-state index contributed by atoms with van der Waals surface area (Å²) in [5, 5.41) is 4.56. The molecule has 42 heavy (non-hydrogen) atoms. The van der Waals surface area contributed by atoms with Crippen LogP contribution in [0.5, 0.6) is 0 Å². The quantitative estimate of drug-likeness (QED) is 0.167. The molecule has 0 saturated heterocycles. The van der Waals surface area contributed by atoms with Crippen LogP contribution in [0.15, 0.2) is 96.1 Å². The fourth-order valence-electron chi connectivity index (χ4n) is 6.45. The molecule has 3 aromatic rings. The molecule has 3 aromatic carbocycles. The summed E-state index contributed by atoms with van der Waals surface area (Å²) in [7, 11) is -2.53. The van der Waals surface area contributed by atoms with Gasteiger partial charge in [0.15, 0.2) is 0 Å². The summed E-state index contributed by atoms with van der Waals surface area (Å²) < 4.78 is -0.0438. The number of aryl methyl sites for hydroxylation is 3. The maximum absolute atomic E-state index is 2.59. The van der Waals surface area contributed by atoms with E-state index in [4.69, 9.17) is 0 Å². The number of rotatable bonds is 13. The summed E-state index contributed by atoms with van der Waals surface area (Å²) in [6.45, 7) is 11.5. The summed E-state index contributed by atoms with van der Waals surface area (Å²) in [6.07, 6.45) is 16.0. The Bertz CT molecular complexity index is 1150. The summed E-state index contributed by atoms with van der Waals surface area (Å²) in [6, 6.07) is 29.5. The zero-order chi connectivity index (χ0) is 27.9. The molecule has 224 valence electrons. The van der Waals surface area contributed by atoms with Gasteiger partial charge < -0.3 is 37.2 Å². The number of allylic oxidation sites excluding steroid dienone is 4. The standard InChI is InChI=1S/C37H47Si.3ClH.Ti/c1-6-9-12-31-15-21-34(22-16-31)38(37-28-29(4)27-30(37)5,35-23-17-32(18-24-35)13-10-7-2)36-25-19-33(20-26-36)14-11-8-3;;;;/h15-28H,6-14H2,1-5H3;3*1H;/q;;;;+3/p-3. The molecule has 0 saturated carbocycles.